The molecule has 0 aromatic heterocycles. The van der Waals surface area contributed by atoms with Crippen LogP contribution in [0.2, 0.25) is 5.02 Å². The summed E-state index contributed by atoms with van der Waals surface area (Å²) in [5, 5.41) is 0.622. The van der Waals surface area contributed by atoms with Gasteiger partial charge in [-0.05, 0) is 60.4 Å². The smallest absolute Gasteiger partial charge is 0.258 e. The second-order valence-electron chi connectivity index (χ2n) is 8.29. The number of para-hydroxylation sites is 1. The van der Waals surface area contributed by atoms with Crippen LogP contribution in [-0.2, 0) is 17.8 Å². The molecule has 2 unspecified atom stereocenters. The molecule has 32 heavy (non-hydrogen) atoms. The van der Waals surface area contributed by atoms with Crippen molar-refractivity contribution in [3.8, 4) is 0 Å². The highest BCUT2D eigenvalue weighted by Gasteiger charge is 2.34. The number of hydrogen-bond donors (Lipinski definition) is 0. The number of carbonyl (C=O) groups is 2. The van der Waals surface area contributed by atoms with Crippen LogP contribution in [0.3, 0.4) is 0 Å². The fourth-order valence-corrected chi connectivity index (χ4v) is 5.81. The van der Waals surface area contributed by atoms with Gasteiger partial charge in [0.05, 0.1) is 5.75 Å². The Bertz CT molecular complexity index is 1160. The number of halogens is 1. The first kappa shape index (κ1) is 21.1. The number of nitrogens with zero attached hydrogens (tertiary/aromatic N) is 2. The highest BCUT2D eigenvalue weighted by Crippen LogP contribution is 2.40. The van der Waals surface area contributed by atoms with Crippen molar-refractivity contribution < 1.29 is 9.59 Å². The van der Waals surface area contributed by atoms with Crippen LogP contribution in [0.4, 0.5) is 5.69 Å². The first-order chi connectivity index (χ1) is 15.5. The maximum atomic E-state index is 13.3. The lowest BCUT2D eigenvalue weighted by Crippen LogP contribution is -2.35. The minimum Gasteiger partial charge on any atom is -0.322 e. The van der Waals surface area contributed by atoms with Crippen molar-refractivity contribution in [1.29, 1.82) is 0 Å². The summed E-state index contributed by atoms with van der Waals surface area (Å²) >= 11 is 7.61. The van der Waals surface area contributed by atoms with E-state index in [2.05, 4.69) is 13.0 Å². The summed E-state index contributed by atoms with van der Waals surface area (Å²) in [6.07, 6.45) is 0.875. The number of thioether (sulfide) groups is 1. The minimum absolute atomic E-state index is 0.0159. The predicted molar refractivity (Wildman–Crippen MR) is 130 cm³/mol. The van der Waals surface area contributed by atoms with Gasteiger partial charge in [-0.3, -0.25) is 9.59 Å². The molecule has 2 amide bonds. The van der Waals surface area contributed by atoms with E-state index in [4.69, 9.17) is 11.6 Å². The molecule has 6 heteroatoms. The van der Waals surface area contributed by atoms with Crippen LogP contribution in [0.5, 0.6) is 0 Å². The standard InChI is InChI=1S/C26H23ClN2O2S/c1-17-14-21-4-2-3-5-23(21)29(17)25(31)19-8-10-20(11-9-19)26-28(24(30)16-32-26)15-18-6-12-22(27)13-7-18/h2-13,17,26H,14-16H2,1H3. The van der Waals surface area contributed by atoms with E-state index in [9.17, 15) is 9.59 Å². The van der Waals surface area contributed by atoms with Crippen molar-refractivity contribution in [3.63, 3.8) is 0 Å². The van der Waals surface area contributed by atoms with Gasteiger partial charge < -0.3 is 9.80 Å². The third-order valence-electron chi connectivity index (χ3n) is 6.10. The highest BCUT2D eigenvalue weighted by atomic mass is 35.5. The van der Waals surface area contributed by atoms with E-state index in [1.54, 1.807) is 11.8 Å². The maximum absolute atomic E-state index is 13.3. The Balaban J connectivity index is 1.35. The molecule has 5 rings (SSSR count). The lowest BCUT2D eigenvalue weighted by molar-refractivity contribution is -0.128. The summed E-state index contributed by atoms with van der Waals surface area (Å²) in [6.45, 7) is 2.62. The molecule has 1 saturated heterocycles. The van der Waals surface area contributed by atoms with Gasteiger partial charge in [-0.25, -0.2) is 0 Å². The Morgan fingerprint density at radius 2 is 1.75 bits per heavy atom. The largest absolute Gasteiger partial charge is 0.322 e. The van der Waals surface area contributed by atoms with Gasteiger partial charge in [0.25, 0.3) is 5.91 Å². The van der Waals surface area contributed by atoms with Crippen LogP contribution < -0.4 is 4.90 Å². The second-order valence-corrected chi connectivity index (χ2v) is 9.80. The van der Waals surface area contributed by atoms with Gasteiger partial charge in [-0.1, -0.05) is 54.1 Å². The Morgan fingerprint density at radius 3 is 2.50 bits per heavy atom. The lowest BCUT2D eigenvalue weighted by atomic mass is 10.1. The number of fused-ring (bicyclic) bond motifs is 1. The first-order valence-corrected chi connectivity index (χ1v) is 12.1. The fourth-order valence-electron chi connectivity index (χ4n) is 4.49. The summed E-state index contributed by atoms with van der Waals surface area (Å²) in [6, 6.07) is 23.5. The quantitative estimate of drug-likeness (QED) is 0.499. The van der Waals surface area contributed by atoms with Crippen LogP contribution in [0, 0.1) is 0 Å². The normalized spacial score (nSPS) is 20.0. The molecule has 162 valence electrons. The van der Waals surface area contributed by atoms with Crippen molar-refractivity contribution in [2.75, 3.05) is 10.7 Å². The third kappa shape index (κ3) is 3.91. The summed E-state index contributed by atoms with van der Waals surface area (Å²) in [7, 11) is 0. The zero-order valence-electron chi connectivity index (χ0n) is 17.7. The van der Waals surface area contributed by atoms with Crippen LogP contribution in [0.15, 0.2) is 72.8 Å². The van der Waals surface area contributed by atoms with Gasteiger partial charge >= 0.3 is 0 Å². The van der Waals surface area contributed by atoms with Crippen LogP contribution >= 0.6 is 23.4 Å². The maximum Gasteiger partial charge on any atom is 0.258 e. The van der Waals surface area contributed by atoms with Gasteiger partial charge in [0.1, 0.15) is 5.37 Å². The van der Waals surface area contributed by atoms with Crippen LogP contribution in [0.25, 0.3) is 0 Å². The Morgan fingerprint density at radius 1 is 1.03 bits per heavy atom. The molecule has 3 aromatic rings. The molecule has 0 radical (unpaired) electrons. The summed E-state index contributed by atoms with van der Waals surface area (Å²) in [4.78, 5) is 29.6. The summed E-state index contributed by atoms with van der Waals surface area (Å²) in [5.74, 6) is 0.598. The number of carbonyl (C=O) groups excluding carboxylic acids is 2. The Kier molecular flexibility index (Phi) is 5.70. The monoisotopic (exact) mass is 462 g/mol. The van der Waals surface area contributed by atoms with Gasteiger partial charge in [-0.15, -0.1) is 11.8 Å². The zero-order chi connectivity index (χ0) is 22.2. The topological polar surface area (TPSA) is 40.6 Å². The molecule has 1 fully saturated rings. The number of benzene rings is 3. The predicted octanol–water partition coefficient (Wildman–Crippen LogP) is 5.71. The van der Waals surface area contributed by atoms with Gasteiger partial charge in [-0.2, -0.15) is 0 Å². The van der Waals surface area contributed by atoms with E-state index in [0.717, 1.165) is 23.2 Å². The zero-order valence-corrected chi connectivity index (χ0v) is 19.3. The van der Waals surface area contributed by atoms with E-state index < -0.39 is 0 Å². The molecule has 0 saturated carbocycles. The molecule has 4 nitrogen and oxygen atoms in total. The third-order valence-corrected chi connectivity index (χ3v) is 7.61. The molecule has 2 aliphatic heterocycles. The SMILES string of the molecule is CC1Cc2ccccc2N1C(=O)c1ccc(C2SCC(=O)N2Cc2ccc(Cl)cc2)cc1. The highest BCUT2D eigenvalue weighted by molar-refractivity contribution is 8.00. The summed E-state index contributed by atoms with van der Waals surface area (Å²) < 4.78 is 0. The fraction of sp³-hybridized carbons (Fsp3) is 0.231. The molecule has 2 atom stereocenters. The Hall–Kier alpha value is -2.76. The number of hydrogen-bond acceptors (Lipinski definition) is 3. The first-order valence-electron chi connectivity index (χ1n) is 10.7. The van der Waals surface area contributed by atoms with Crippen molar-refractivity contribution >= 4 is 40.9 Å². The average Bonchev–Trinajstić information content (AvgIpc) is 3.34. The molecule has 0 aliphatic carbocycles. The van der Waals surface area contributed by atoms with Gasteiger partial charge in [0, 0.05) is 28.9 Å². The van der Waals surface area contributed by atoms with E-state index in [0.29, 0.717) is 22.9 Å². The lowest BCUT2D eigenvalue weighted by Gasteiger charge is -2.25. The number of rotatable bonds is 4. The number of anilines is 1. The number of amides is 2. The van der Waals surface area contributed by atoms with E-state index in [-0.39, 0.29) is 23.2 Å². The average molecular weight is 463 g/mol. The van der Waals surface area contributed by atoms with E-state index in [1.807, 2.05) is 76.5 Å². The molecule has 0 spiro atoms. The molecule has 2 heterocycles. The minimum atomic E-state index is -0.0613. The molecule has 3 aromatic carbocycles. The van der Waals surface area contributed by atoms with Crippen molar-refractivity contribution in [1.82, 2.24) is 4.90 Å². The molecule has 2 aliphatic rings. The van der Waals surface area contributed by atoms with E-state index >= 15 is 0 Å². The molecule has 0 bridgehead atoms. The van der Waals surface area contributed by atoms with Crippen molar-refractivity contribution in [2.45, 2.75) is 31.3 Å². The van der Waals surface area contributed by atoms with Gasteiger partial charge in [0.15, 0.2) is 0 Å². The van der Waals surface area contributed by atoms with Crippen molar-refractivity contribution in [3.05, 3.63) is 100 Å². The Labute approximate surface area is 197 Å². The van der Waals surface area contributed by atoms with Gasteiger partial charge in [0.2, 0.25) is 5.91 Å². The molecular formula is C26H23ClN2O2S. The van der Waals surface area contributed by atoms with Crippen LogP contribution in [0.1, 0.15) is 39.3 Å². The summed E-state index contributed by atoms with van der Waals surface area (Å²) in [5.41, 5.74) is 4.95. The molecule has 0 N–H and O–H groups in total. The second kappa shape index (κ2) is 8.64. The van der Waals surface area contributed by atoms with E-state index in [1.165, 1.54) is 5.56 Å². The molecular weight excluding hydrogens is 440 g/mol. The van der Waals surface area contributed by atoms with Crippen LogP contribution in [-0.4, -0.2) is 28.5 Å². The van der Waals surface area contributed by atoms with Crippen molar-refractivity contribution in [2.24, 2.45) is 0 Å².